The van der Waals surface area contributed by atoms with Gasteiger partial charge in [0.2, 0.25) is 0 Å². The molecule has 0 N–H and O–H groups in total. The van der Waals surface area contributed by atoms with E-state index in [1.807, 2.05) is 6.20 Å². The molecule has 5 aromatic carbocycles. The van der Waals surface area contributed by atoms with Crippen LogP contribution in [0.25, 0.3) is 61.2 Å². The fourth-order valence-electron chi connectivity index (χ4n) is 7.27. The van der Waals surface area contributed by atoms with Gasteiger partial charge in [-0.1, -0.05) is 121 Å². The van der Waals surface area contributed by atoms with Crippen molar-refractivity contribution in [1.29, 1.82) is 0 Å². The van der Waals surface area contributed by atoms with Crippen LogP contribution in [0.15, 0.2) is 164 Å². The van der Waals surface area contributed by atoms with Crippen molar-refractivity contribution in [3.05, 3.63) is 181 Å². The number of allylic oxidation sites excluding steroid dienone is 4. The Morgan fingerprint density at radius 1 is 0.578 bits per heavy atom. The van der Waals surface area contributed by atoms with Crippen LogP contribution >= 0.6 is 0 Å². The monoisotopic (exact) mass is 574 g/mol. The van der Waals surface area contributed by atoms with E-state index in [-0.39, 0.29) is 0 Å². The lowest BCUT2D eigenvalue weighted by molar-refractivity contribution is 0.870. The van der Waals surface area contributed by atoms with Crippen LogP contribution in [0.1, 0.15) is 29.2 Å². The molecule has 45 heavy (non-hydrogen) atoms. The van der Waals surface area contributed by atoms with Crippen molar-refractivity contribution < 1.29 is 0 Å². The van der Waals surface area contributed by atoms with Crippen LogP contribution in [0.2, 0.25) is 0 Å². The fourth-order valence-corrected chi connectivity index (χ4v) is 7.27. The molecule has 0 radical (unpaired) electrons. The van der Waals surface area contributed by atoms with Gasteiger partial charge in [0.15, 0.2) is 0 Å². The Morgan fingerprint density at radius 3 is 2.20 bits per heavy atom. The fraction of sp³-hybridized carbons (Fsp3) is 0.0465. The van der Waals surface area contributed by atoms with E-state index < -0.39 is 0 Å². The zero-order valence-corrected chi connectivity index (χ0v) is 24.8. The minimum Gasteiger partial charge on any atom is -0.309 e. The van der Waals surface area contributed by atoms with Gasteiger partial charge in [-0.05, 0) is 87.4 Å². The largest absolute Gasteiger partial charge is 0.309 e. The first-order valence-corrected chi connectivity index (χ1v) is 15.7. The highest BCUT2D eigenvalue weighted by molar-refractivity contribution is 5.97. The van der Waals surface area contributed by atoms with Crippen molar-refractivity contribution in [1.82, 2.24) is 9.55 Å². The average molecular weight is 575 g/mol. The average Bonchev–Trinajstić information content (AvgIpc) is 3.52. The SMILES string of the molecule is C1=C(c2ccc(-c3cccc(-n4c(-c5ccccc5)cc5ccccc54)c3)cn2)C=C2c3ccccc3-c3ccccc3C2C1. The summed E-state index contributed by atoms with van der Waals surface area (Å²) in [4.78, 5) is 5.00. The molecule has 7 aromatic rings. The van der Waals surface area contributed by atoms with Crippen molar-refractivity contribution in [2.45, 2.75) is 12.3 Å². The molecule has 2 heterocycles. The zero-order valence-electron chi connectivity index (χ0n) is 24.8. The number of nitrogens with zero attached hydrogens (tertiary/aromatic N) is 2. The summed E-state index contributed by atoms with van der Waals surface area (Å²) in [6, 6.07) is 52.4. The highest BCUT2D eigenvalue weighted by atomic mass is 15.0. The summed E-state index contributed by atoms with van der Waals surface area (Å²) in [6.45, 7) is 0. The van der Waals surface area contributed by atoms with E-state index in [0.29, 0.717) is 5.92 Å². The number of para-hydroxylation sites is 1. The molecule has 9 rings (SSSR count). The van der Waals surface area contributed by atoms with Crippen molar-refractivity contribution in [3.63, 3.8) is 0 Å². The third-order valence-corrected chi connectivity index (χ3v) is 9.40. The molecule has 0 bridgehead atoms. The molecule has 0 spiro atoms. The minimum absolute atomic E-state index is 0.382. The lowest BCUT2D eigenvalue weighted by atomic mass is 9.71. The van der Waals surface area contributed by atoms with Gasteiger partial charge in [0, 0.05) is 28.8 Å². The summed E-state index contributed by atoms with van der Waals surface area (Å²) >= 11 is 0. The van der Waals surface area contributed by atoms with E-state index in [4.69, 9.17) is 4.98 Å². The summed E-state index contributed by atoms with van der Waals surface area (Å²) < 4.78 is 2.37. The topological polar surface area (TPSA) is 17.8 Å². The lowest BCUT2D eigenvalue weighted by Crippen LogP contribution is -2.12. The quantitative estimate of drug-likeness (QED) is 0.204. The molecule has 212 valence electrons. The van der Waals surface area contributed by atoms with Gasteiger partial charge in [-0.15, -0.1) is 0 Å². The highest BCUT2D eigenvalue weighted by Crippen LogP contribution is 2.50. The van der Waals surface area contributed by atoms with Crippen LogP contribution in [0.5, 0.6) is 0 Å². The smallest absolute Gasteiger partial charge is 0.0699 e. The summed E-state index contributed by atoms with van der Waals surface area (Å²) in [7, 11) is 0. The van der Waals surface area contributed by atoms with Crippen LogP contribution in [-0.2, 0) is 0 Å². The number of fused-ring (bicyclic) bond motifs is 7. The molecule has 2 aliphatic rings. The number of aromatic nitrogens is 2. The summed E-state index contributed by atoms with van der Waals surface area (Å²) in [5.41, 5.74) is 16.0. The second-order valence-electron chi connectivity index (χ2n) is 12.0. The van der Waals surface area contributed by atoms with Gasteiger partial charge >= 0.3 is 0 Å². The third-order valence-electron chi connectivity index (χ3n) is 9.40. The molecule has 2 aromatic heterocycles. The predicted molar refractivity (Wildman–Crippen MR) is 187 cm³/mol. The van der Waals surface area contributed by atoms with Crippen LogP contribution in [0.4, 0.5) is 0 Å². The van der Waals surface area contributed by atoms with Crippen molar-refractivity contribution in [2.75, 3.05) is 0 Å². The molecule has 0 amide bonds. The molecule has 2 aliphatic carbocycles. The first-order chi connectivity index (χ1) is 22.3. The number of benzene rings is 5. The van der Waals surface area contributed by atoms with Crippen LogP contribution in [-0.4, -0.2) is 9.55 Å². The van der Waals surface area contributed by atoms with E-state index in [1.165, 1.54) is 55.6 Å². The molecule has 2 heteroatoms. The Morgan fingerprint density at radius 2 is 1.33 bits per heavy atom. The molecular formula is C43H30N2. The van der Waals surface area contributed by atoms with Crippen molar-refractivity contribution in [3.8, 4) is 39.2 Å². The van der Waals surface area contributed by atoms with Crippen molar-refractivity contribution >= 4 is 22.0 Å². The molecule has 1 atom stereocenters. The van der Waals surface area contributed by atoms with Crippen LogP contribution in [0, 0.1) is 0 Å². The maximum atomic E-state index is 5.00. The second kappa shape index (κ2) is 10.5. The Hall–Kier alpha value is -5.73. The first-order valence-electron chi connectivity index (χ1n) is 15.7. The van der Waals surface area contributed by atoms with Crippen LogP contribution < -0.4 is 0 Å². The number of hydrogen-bond donors (Lipinski definition) is 0. The molecular weight excluding hydrogens is 544 g/mol. The Bertz CT molecular complexity index is 2280. The maximum absolute atomic E-state index is 5.00. The van der Waals surface area contributed by atoms with E-state index in [1.54, 1.807) is 0 Å². The number of hydrogen-bond acceptors (Lipinski definition) is 1. The van der Waals surface area contributed by atoms with Gasteiger partial charge in [0.1, 0.15) is 0 Å². The van der Waals surface area contributed by atoms with Gasteiger partial charge < -0.3 is 4.57 Å². The molecule has 0 saturated heterocycles. The van der Waals surface area contributed by atoms with Gasteiger partial charge in [0.25, 0.3) is 0 Å². The van der Waals surface area contributed by atoms with E-state index in [0.717, 1.165) is 28.9 Å². The molecule has 2 nitrogen and oxygen atoms in total. The summed E-state index contributed by atoms with van der Waals surface area (Å²) in [5, 5.41) is 1.23. The van der Waals surface area contributed by atoms with Crippen LogP contribution in [0.3, 0.4) is 0 Å². The van der Waals surface area contributed by atoms with Crippen molar-refractivity contribution in [2.24, 2.45) is 0 Å². The van der Waals surface area contributed by atoms with Gasteiger partial charge in [-0.2, -0.15) is 0 Å². The van der Waals surface area contributed by atoms with E-state index in [2.05, 4.69) is 162 Å². The summed E-state index contributed by atoms with van der Waals surface area (Å²) in [5.74, 6) is 0.382. The van der Waals surface area contributed by atoms with Gasteiger partial charge in [-0.25, -0.2) is 0 Å². The van der Waals surface area contributed by atoms with Gasteiger partial charge in [-0.3, -0.25) is 4.98 Å². The van der Waals surface area contributed by atoms with E-state index in [9.17, 15) is 0 Å². The second-order valence-corrected chi connectivity index (χ2v) is 12.0. The highest BCUT2D eigenvalue weighted by Gasteiger charge is 2.30. The first kappa shape index (κ1) is 25.7. The zero-order chi connectivity index (χ0) is 29.7. The standard InChI is InChI=1S/C43H30N2/c1-2-11-29(12-3-1)43-27-32-13-4-9-20-42(32)45(43)34-15-10-14-30(25-34)33-22-24-41(44-28-33)31-21-23-39-37-18-6-5-16-35(37)36-17-7-8-19-38(36)40(39)26-31/h1-22,24-28,39H,23H2. The summed E-state index contributed by atoms with van der Waals surface area (Å²) in [6.07, 6.45) is 7.74. The maximum Gasteiger partial charge on any atom is 0.0699 e. The molecule has 0 fully saturated rings. The minimum atomic E-state index is 0.382. The molecule has 1 unspecified atom stereocenters. The van der Waals surface area contributed by atoms with Gasteiger partial charge in [0.05, 0.1) is 16.9 Å². The Kier molecular flexibility index (Phi) is 5.99. The molecule has 0 saturated carbocycles. The number of pyridine rings is 1. The number of rotatable bonds is 4. The Labute approximate surface area is 263 Å². The lowest BCUT2D eigenvalue weighted by Gasteiger charge is -2.32. The third kappa shape index (κ3) is 4.29. The normalized spacial score (nSPS) is 15.1. The molecule has 0 aliphatic heterocycles. The Balaban J connectivity index is 1.07. The van der Waals surface area contributed by atoms with E-state index >= 15 is 0 Å². The predicted octanol–water partition coefficient (Wildman–Crippen LogP) is 11.0.